The van der Waals surface area contributed by atoms with Crippen molar-refractivity contribution in [3.63, 3.8) is 0 Å². The zero-order valence-electron chi connectivity index (χ0n) is 15.6. The fraction of sp³-hybridized carbons (Fsp3) is 0.800. The molecule has 0 unspecified atom stereocenters. The Morgan fingerprint density at radius 1 is 1.24 bits per heavy atom. The molecule has 4 rings (SSSR count). The lowest BCUT2D eigenvalue weighted by atomic mass is 9.39. The molecule has 1 spiro atoms. The molecule has 2 saturated carbocycles. The quantitative estimate of drug-likeness (QED) is 0.676. The predicted molar refractivity (Wildman–Crippen MR) is 92.9 cm³/mol. The summed E-state index contributed by atoms with van der Waals surface area (Å²) in [6.07, 6.45) is 7.14. The second-order valence-electron chi connectivity index (χ2n) is 9.72. The van der Waals surface area contributed by atoms with Gasteiger partial charge in [0.2, 0.25) is 0 Å². The molecular formula is C20H30O5. The smallest absolute Gasteiger partial charge is 0.309 e. The molecule has 0 saturated heterocycles. The van der Waals surface area contributed by atoms with Crippen molar-refractivity contribution in [2.75, 3.05) is 0 Å². The highest BCUT2D eigenvalue weighted by Crippen LogP contribution is 2.68. The molecule has 6 atom stereocenters. The lowest BCUT2D eigenvalue weighted by Gasteiger charge is -2.65. The summed E-state index contributed by atoms with van der Waals surface area (Å²) in [6.45, 7) is 7.31. The fourth-order valence-corrected chi connectivity index (χ4v) is 6.60. The molecule has 0 heterocycles. The van der Waals surface area contributed by atoms with E-state index in [1.807, 2.05) is 13.8 Å². The van der Waals surface area contributed by atoms with E-state index in [2.05, 4.69) is 12.2 Å². The topological polar surface area (TPSA) is 94.8 Å². The van der Waals surface area contributed by atoms with Gasteiger partial charge < -0.3 is 15.3 Å². The van der Waals surface area contributed by atoms with E-state index in [1.165, 1.54) is 0 Å². The Hall–Kier alpha value is -1.36. The number of hydrogen-bond acceptors (Lipinski definition) is 3. The minimum atomic E-state index is -0.977. The second-order valence-corrected chi connectivity index (χ2v) is 9.72. The molecule has 0 aliphatic heterocycles. The maximum Gasteiger partial charge on any atom is 0.309 e. The van der Waals surface area contributed by atoms with Crippen molar-refractivity contribution in [3.05, 3.63) is 12.2 Å². The maximum absolute atomic E-state index is 11.9. The van der Waals surface area contributed by atoms with Crippen LogP contribution in [0.25, 0.3) is 0 Å². The molecule has 4 aliphatic carbocycles. The van der Waals surface area contributed by atoms with E-state index in [0.29, 0.717) is 12.8 Å². The van der Waals surface area contributed by atoms with E-state index >= 15 is 0 Å². The molecule has 3 N–H and O–H groups in total. The summed E-state index contributed by atoms with van der Waals surface area (Å²) in [7, 11) is 0. The number of aliphatic carboxylic acids is 2. The number of fused-ring (bicyclic) bond motifs is 1. The summed E-state index contributed by atoms with van der Waals surface area (Å²) in [5.74, 6) is -1.85. The molecule has 0 amide bonds. The minimum Gasteiger partial charge on any atom is -0.481 e. The lowest BCUT2D eigenvalue weighted by Crippen LogP contribution is -2.62. The van der Waals surface area contributed by atoms with Crippen molar-refractivity contribution in [1.82, 2.24) is 0 Å². The van der Waals surface area contributed by atoms with Gasteiger partial charge in [-0.2, -0.15) is 0 Å². The van der Waals surface area contributed by atoms with Crippen molar-refractivity contribution in [3.8, 4) is 0 Å². The standard InChI is InChI=1S/C20H30O5/c1-17(2,16(23)24)13-6-8-20-7-5-12(19(4,25)11-20)9-14(20)18(13,3)10-15(21)22/h5,7,12-14,25H,6,8-11H2,1-4H3,(H,21,22)(H,23,24)/t12-,13+,14-,18+,19-,20+/m0/s1. The van der Waals surface area contributed by atoms with E-state index in [4.69, 9.17) is 0 Å². The molecule has 0 aromatic heterocycles. The minimum absolute atomic E-state index is 0.0131. The fourth-order valence-electron chi connectivity index (χ4n) is 6.60. The van der Waals surface area contributed by atoms with Gasteiger partial charge in [0, 0.05) is 5.92 Å². The van der Waals surface area contributed by atoms with Gasteiger partial charge in [0.1, 0.15) is 0 Å². The van der Waals surface area contributed by atoms with Gasteiger partial charge in [-0.05, 0) is 69.1 Å². The summed E-state index contributed by atoms with van der Waals surface area (Å²) in [5, 5.41) is 30.2. The van der Waals surface area contributed by atoms with Gasteiger partial charge in [-0.25, -0.2) is 0 Å². The van der Waals surface area contributed by atoms with Crippen molar-refractivity contribution in [1.29, 1.82) is 0 Å². The third kappa shape index (κ3) is 2.54. The van der Waals surface area contributed by atoms with Gasteiger partial charge in [0.05, 0.1) is 17.4 Å². The highest BCUT2D eigenvalue weighted by atomic mass is 16.4. The highest BCUT2D eigenvalue weighted by molar-refractivity contribution is 5.75. The Morgan fingerprint density at radius 2 is 1.88 bits per heavy atom. The number of carbonyl (C=O) groups is 2. The van der Waals surface area contributed by atoms with Crippen LogP contribution in [-0.2, 0) is 9.59 Å². The molecule has 4 aliphatic rings. The van der Waals surface area contributed by atoms with Crippen LogP contribution >= 0.6 is 0 Å². The molecule has 0 radical (unpaired) electrons. The third-order valence-electron chi connectivity index (χ3n) is 7.77. The van der Waals surface area contributed by atoms with E-state index in [1.54, 1.807) is 13.8 Å². The molecule has 25 heavy (non-hydrogen) atoms. The zero-order chi connectivity index (χ0) is 18.8. The van der Waals surface area contributed by atoms with E-state index in [-0.39, 0.29) is 29.6 Å². The Balaban J connectivity index is 2.08. The van der Waals surface area contributed by atoms with Crippen LogP contribution in [0.1, 0.15) is 59.8 Å². The summed E-state index contributed by atoms with van der Waals surface area (Å²) in [4.78, 5) is 23.6. The van der Waals surface area contributed by atoms with Gasteiger partial charge in [0.25, 0.3) is 0 Å². The van der Waals surface area contributed by atoms with E-state index < -0.39 is 28.4 Å². The Bertz CT molecular complexity index is 634. The number of carboxylic acid groups (broad SMARTS) is 2. The number of aliphatic hydroxyl groups is 1. The number of allylic oxidation sites excluding steroid dienone is 1. The molecule has 0 aromatic carbocycles. The first-order valence-corrected chi connectivity index (χ1v) is 9.22. The molecule has 5 nitrogen and oxygen atoms in total. The van der Waals surface area contributed by atoms with Crippen molar-refractivity contribution in [2.45, 2.75) is 65.4 Å². The lowest BCUT2D eigenvalue weighted by molar-refractivity contribution is -0.190. The SMILES string of the molecule is CC(C)(C(=O)O)[C@H]1CC[C@@]23C=C[C@@H](C[C@H]2[C@]1(C)CC(=O)O)[C@@](C)(O)C3. The second kappa shape index (κ2) is 5.32. The Morgan fingerprint density at radius 3 is 2.40 bits per heavy atom. The summed E-state index contributed by atoms with van der Waals surface area (Å²) in [6, 6.07) is 0. The van der Waals surface area contributed by atoms with Crippen LogP contribution in [0.2, 0.25) is 0 Å². The van der Waals surface area contributed by atoms with Crippen LogP contribution in [0.5, 0.6) is 0 Å². The summed E-state index contributed by atoms with van der Waals surface area (Å²) < 4.78 is 0. The van der Waals surface area contributed by atoms with Gasteiger partial charge >= 0.3 is 11.9 Å². The van der Waals surface area contributed by atoms with Crippen LogP contribution in [0.4, 0.5) is 0 Å². The average molecular weight is 350 g/mol. The van der Waals surface area contributed by atoms with Crippen LogP contribution in [0, 0.1) is 34.0 Å². The number of carboxylic acids is 2. The Kier molecular flexibility index (Phi) is 3.92. The van der Waals surface area contributed by atoms with Crippen molar-refractivity contribution in [2.24, 2.45) is 34.0 Å². The first kappa shape index (κ1) is 18.4. The maximum atomic E-state index is 11.9. The molecule has 5 heteroatoms. The molecule has 140 valence electrons. The van der Waals surface area contributed by atoms with Crippen LogP contribution in [-0.4, -0.2) is 32.9 Å². The summed E-state index contributed by atoms with van der Waals surface area (Å²) >= 11 is 0. The average Bonchev–Trinajstić information content (AvgIpc) is 2.44. The number of hydrogen-bond donors (Lipinski definition) is 3. The predicted octanol–water partition coefficient (Wildman–Crippen LogP) is 3.32. The van der Waals surface area contributed by atoms with Crippen molar-refractivity contribution >= 4 is 11.9 Å². The summed E-state index contributed by atoms with van der Waals surface area (Å²) in [5.41, 5.74) is -2.56. The van der Waals surface area contributed by atoms with E-state index in [9.17, 15) is 24.9 Å². The third-order valence-corrected chi connectivity index (χ3v) is 7.77. The monoisotopic (exact) mass is 350 g/mol. The zero-order valence-corrected chi connectivity index (χ0v) is 15.6. The highest BCUT2D eigenvalue weighted by Gasteiger charge is 2.65. The van der Waals surface area contributed by atoms with Gasteiger partial charge in [-0.15, -0.1) is 0 Å². The first-order valence-electron chi connectivity index (χ1n) is 9.22. The van der Waals surface area contributed by atoms with Crippen molar-refractivity contribution < 1.29 is 24.9 Å². The van der Waals surface area contributed by atoms with Crippen LogP contribution in [0.3, 0.4) is 0 Å². The largest absolute Gasteiger partial charge is 0.481 e. The van der Waals surface area contributed by atoms with Crippen LogP contribution < -0.4 is 0 Å². The van der Waals surface area contributed by atoms with E-state index in [0.717, 1.165) is 12.8 Å². The van der Waals surface area contributed by atoms with Gasteiger partial charge in [-0.1, -0.05) is 19.1 Å². The van der Waals surface area contributed by atoms with Gasteiger partial charge in [-0.3, -0.25) is 9.59 Å². The van der Waals surface area contributed by atoms with Gasteiger partial charge in [0.15, 0.2) is 0 Å². The molecular weight excluding hydrogens is 320 g/mol. The molecule has 2 fully saturated rings. The van der Waals surface area contributed by atoms with Crippen LogP contribution in [0.15, 0.2) is 12.2 Å². The first-order chi connectivity index (χ1) is 11.4. The molecule has 2 bridgehead atoms. The number of rotatable bonds is 4. The normalized spacial score (nSPS) is 45.9. The molecule has 0 aromatic rings. The Labute approximate surface area is 149 Å².